The summed E-state index contributed by atoms with van der Waals surface area (Å²) in [5, 5.41) is 0. The Labute approximate surface area is 57.1 Å². The van der Waals surface area contributed by atoms with Crippen LogP contribution in [0.3, 0.4) is 0 Å². The lowest BCUT2D eigenvalue weighted by atomic mass is 10.2. The Balaban J connectivity index is 2.01. The average molecular weight is 130 g/mol. The molecule has 1 fully saturated rings. The molecule has 1 aliphatic rings. The molecule has 0 nitrogen and oxygen atoms in total. The van der Waals surface area contributed by atoms with Crippen molar-refractivity contribution in [3.63, 3.8) is 0 Å². The van der Waals surface area contributed by atoms with Gasteiger partial charge in [-0.25, -0.2) is 0 Å². The van der Waals surface area contributed by atoms with Gasteiger partial charge in [-0.15, -0.1) is 0 Å². The fourth-order valence-corrected chi connectivity index (χ4v) is 1.17. The molecule has 0 unspecified atom stereocenters. The van der Waals surface area contributed by atoms with Crippen molar-refractivity contribution < 1.29 is 0 Å². The van der Waals surface area contributed by atoms with Gasteiger partial charge in [0.15, 0.2) is 0 Å². The Morgan fingerprint density at radius 1 is 1.50 bits per heavy atom. The summed E-state index contributed by atoms with van der Waals surface area (Å²) in [5.41, 5.74) is 0. The van der Waals surface area contributed by atoms with Crippen molar-refractivity contribution in [2.45, 2.75) is 43.8 Å². The van der Waals surface area contributed by atoms with Crippen molar-refractivity contribution in [3.05, 3.63) is 0 Å². The quantitative estimate of drug-likeness (QED) is 0.558. The first-order valence-corrected chi connectivity index (χ1v) is 3.94. The van der Waals surface area contributed by atoms with Gasteiger partial charge in [0.25, 0.3) is 0 Å². The summed E-state index contributed by atoms with van der Waals surface area (Å²) in [6, 6.07) is 0. The second kappa shape index (κ2) is 2.30. The molecular weight excluding hydrogens is 116 g/mol. The van der Waals surface area contributed by atoms with Gasteiger partial charge >= 0.3 is 0 Å². The zero-order valence-electron chi connectivity index (χ0n) is 5.48. The molecule has 0 atom stereocenters. The van der Waals surface area contributed by atoms with E-state index in [9.17, 15) is 0 Å². The maximum atomic E-state index is 4.50. The summed E-state index contributed by atoms with van der Waals surface area (Å²) >= 11 is 4.50. The van der Waals surface area contributed by atoms with Crippen LogP contribution < -0.4 is 0 Å². The molecule has 0 aliphatic heterocycles. The predicted molar refractivity (Wildman–Crippen MR) is 40.5 cm³/mol. The molecule has 0 amide bonds. The Kier molecular flexibility index (Phi) is 1.86. The largest absolute Gasteiger partial charge is 0.173 e. The van der Waals surface area contributed by atoms with Gasteiger partial charge in [-0.3, -0.25) is 0 Å². The van der Waals surface area contributed by atoms with E-state index in [1.165, 1.54) is 32.1 Å². The first-order chi connectivity index (χ1) is 3.77. The average Bonchev–Trinajstić information content (AvgIpc) is 2.45. The molecule has 48 valence electrons. The van der Waals surface area contributed by atoms with Crippen LogP contribution in [-0.2, 0) is 0 Å². The van der Waals surface area contributed by atoms with Crippen LogP contribution in [0.5, 0.6) is 0 Å². The van der Waals surface area contributed by atoms with Crippen LogP contribution in [0.2, 0.25) is 0 Å². The monoisotopic (exact) mass is 130 g/mol. The van der Waals surface area contributed by atoms with E-state index in [-0.39, 0.29) is 0 Å². The molecule has 1 saturated carbocycles. The molecule has 0 saturated heterocycles. The summed E-state index contributed by atoms with van der Waals surface area (Å²) in [6.07, 6.45) is 6.74. The van der Waals surface area contributed by atoms with E-state index in [4.69, 9.17) is 0 Å². The molecule has 0 aromatic carbocycles. The maximum absolute atomic E-state index is 4.50. The zero-order valence-corrected chi connectivity index (χ0v) is 6.38. The topological polar surface area (TPSA) is 0 Å². The SMILES string of the molecule is CCCCC1(S)CC1. The molecule has 0 bridgehead atoms. The first-order valence-electron chi connectivity index (χ1n) is 3.49. The lowest BCUT2D eigenvalue weighted by molar-refractivity contribution is 0.688. The van der Waals surface area contributed by atoms with Crippen LogP contribution in [0.25, 0.3) is 0 Å². The summed E-state index contributed by atoms with van der Waals surface area (Å²) < 4.78 is 0.496. The highest BCUT2D eigenvalue weighted by Crippen LogP contribution is 2.45. The van der Waals surface area contributed by atoms with Crippen LogP contribution in [-0.4, -0.2) is 4.75 Å². The fourth-order valence-electron chi connectivity index (χ4n) is 0.900. The van der Waals surface area contributed by atoms with E-state index in [0.29, 0.717) is 4.75 Å². The fraction of sp³-hybridized carbons (Fsp3) is 1.00. The van der Waals surface area contributed by atoms with Gasteiger partial charge in [0.05, 0.1) is 0 Å². The summed E-state index contributed by atoms with van der Waals surface area (Å²) in [4.78, 5) is 0. The first kappa shape index (κ1) is 6.47. The van der Waals surface area contributed by atoms with Crippen molar-refractivity contribution >= 4 is 12.6 Å². The minimum Gasteiger partial charge on any atom is -0.173 e. The normalized spacial score (nSPS) is 23.2. The maximum Gasteiger partial charge on any atom is 0.0131 e. The molecule has 0 radical (unpaired) electrons. The van der Waals surface area contributed by atoms with Crippen molar-refractivity contribution in [1.29, 1.82) is 0 Å². The number of hydrogen-bond acceptors (Lipinski definition) is 1. The summed E-state index contributed by atoms with van der Waals surface area (Å²) in [6.45, 7) is 2.24. The third kappa shape index (κ3) is 1.70. The van der Waals surface area contributed by atoms with E-state index < -0.39 is 0 Å². The molecule has 1 rings (SSSR count). The van der Waals surface area contributed by atoms with E-state index in [1.54, 1.807) is 0 Å². The number of unbranched alkanes of at least 4 members (excludes halogenated alkanes) is 1. The van der Waals surface area contributed by atoms with Gasteiger partial charge in [0.2, 0.25) is 0 Å². The summed E-state index contributed by atoms with van der Waals surface area (Å²) in [7, 11) is 0. The molecule has 0 spiro atoms. The highest BCUT2D eigenvalue weighted by atomic mass is 32.1. The van der Waals surface area contributed by atoms with Gasteiger partial charge in [-0.2, -0.15) is 12.6 Å². The molecule has 0 aromatic rings. The Hall–Kier alpha value is 0.350. The van der Waals surface area contributed by atoms with Gasteiger partial charge in [-0.1, -0.05) is 19.8 Å². The standard InChI is InChI=1S/C7H14S/c1-2-3-4-7(8)5-6-7/h8H,2-6H2,1H3. The highest BCUT2D eigenvalue weighted by molar-refractivity contribution is 7.82. The third-order valence-corrected chi connectivity index (χ3v) is 2.49. The number of hydrogen-bond donors (Lipinski definition) is 1. The minimum absolute atomic E-state index is 0.496. The molecule has 0 heterocycles. The molecule has 1 heteroatoms. The minimum atomic E-state index is 0.496. The second-order valence-corrected chi connectivity index (χ2v) is 3.78. The predicted octanol–water partition coefficient (Wildman–Crippen LogP) is 2.64. The second-order valence-electron chi connectivity index (χ2n) is 2.83. The summed E-state index contributed by atoms with van der Waals surface area (Å²) in [5.74, 6) is 0. The van der Waals surface area contributed by atoms with Gasteiger partial charge in [-0.05, 0) is 19.3 Å². The van der Waals surface area contributed by atoms with Crippen molar-refractivity contribution in [3.8, 4) is 0 Å². The van der Waals surface area contributed by atoms with Gasteiger partial charge < -0.3 is 0 Å². The molecular formula is C7H14S. The molecule has 0 aromatic heterocycles. The van der Waals surface area contributed by atoms with Crippen LogP contribution in [0.15, 0.2) is 0 Å². The smallest absolute Gasteiger partial charge is 0.0131 e. The lowest BCUT2D eigenvalue weighted by Gasteiger charge is -2.02. The van der Waals surface area contributed by atoms with Crippen molar-refractivity contribution in [1.82, 2.24) is 0 Å². The molecule has 0 N–H and O–H groups in total. The van der Waals surface area contributed by atoms with Crippen molar-refractivity contribution in [2.24, 2.45) is 0 Å². The Morgan fingerprint density at radius 2 is 2.12 bits per heavy atom. The van der Waals surface area contributed by atoms with Crippen LogP contribution >= 0.6 is 12.6 Å². The third-order valence-electron chi connectivity index (χ3n) is 1.82. The van der Waals surface area contributed by atoms with E-state index in [1.807, 2.05) is 0 Å². The van der Waals surface area contributed by atoms with E-state index in [2.05, 4.69) is 19.6 Å². The number of thiol groups is 1. The highest BCUT2D eigenvalue weighted by Gasteiger charge is 2.37. The van der Waals surface area contributed by atoms with Gasteiger partial charge in [0.1, 0.15) is 0 Å². The van der Waals surface area contributed by atoms with Crippen molar-refractivity contribution in [2.75, 3.05) is 0 Å². The molecule has 1 aliphatic carbocycles. The lowest BCUT2D eigenvalue weighted by Crippen LogP contribution is -1.95. The van der Waals surface area contributed by atoms with E-state index in [0.717, 1.165) is 0 Å². The molecule has 8 heavy (non-hydrogen) atoms. The van der Waals surface area contributed by atoms with E-state index >= 15 is 0 Å². The Bertz CT molecular complexity index is 74.5. The van der Waals surface area contributed by atoms with Crippen LogP contribution in [0, 0.1) is 0 Å². The van der Waals surface area contributed by atoms with Crippen LogP contribution in [0.1, 0.15) is 39.0 Å². The van der Waals surface area contributed by atoms with Crippen LogP contribution in [0.4, 0.5) is 0 Å². The zero-order chi connectivity index (χ0) is 6.04. The number of rotatable bonds is 3. The van der Waals surface area contributed by atoms with Gasteiger partial charge in [0, 0.05) is 4.75 Å². The Morgan fingerprint density at radius 3 is 2.50 bits per heavy atom.